The fraction of sp³-hybridized carbons (Fsp3) is 0.391. The maximum atomic E-state index is 13.3. The van der Waals surface area contributed by atoms with Gasteiger partial charge in [-0.05, 0) is 50.2 Å². The molecule has 5 nitrogen and oxygen atoms in total. The van der Waals surface area contributed by atoms with E-state index in [4.69, 9.17) is 0 Å². The van der Waals surface area contributed by atoms with Gasteiger partial charge < -0.3 is 15.1 Å². The molecule has 0 radical (unpaired) electrons. The van der Waals surface area contributed by atoms with Gasteiger partial charge in [-0.2, -0.15) is 18.3 Å². The Morgan fingerprint density at radius 2 is 1.81 bits per heavy atom. The lowest BCUT2D eigenvalue weighted by Gasteiger charge is -2.34. The molecule has 0 bridgehead atoms. The van der Waals surface area contributed by atoms with Crippen molar-refractivity contribution < 1.29 is 13.2 Å². The van der Waals surface area contributed by atoms with Gasteiger partial charge in [0.2, 0.25) is 0 Å². The standard InChI is InChI=1S/C23H26F3N5/c1-15-19(5-4-6-21(15)23(24,25)26)16(2)28-22-20-13-18(8-7-17(20)14-27-29-22)31-11-9-30(3)10-12-31/h4-8,13-14,16H,9-12H2,1-3H3,(H,28,29). The summed E-state index contributed by atoms with van der Waals surface area (Å²) in [5.74, 6) is 0.567. The fourth-order valence-electron chi connectivity index (χ4n) is 4.15. The van der Waals surface area contributed by atoms with E-state index in [0.717, 1.165) is 48.7 Å². The Labute approximate surface area is 179 Å². The van der Waals surface area contributed by atoms with E-state index < -0.39 is 11.7 Å². The van der Waals surface area contributed by atoms with Crippen molar-refractivity contribution in [1.82, 2.24) is 15.1 Å². The number of likely N-dealkylation sites (N-methyl/N-ethyl adjacent to an activating group) is 1. The summed E-state index contributed by atoms with van der Waals surface area (Å²) in [6.45, 7) is 7.25. The molecule has 1 unspecified atom stereocenters. The number of halogens is 3. The van der Waals surface area contributed by atoms with Crippen molar-refractivity contribution in [3.8, 4) is 0 Å². The summed E-state index contributed by atoms with van der Waals surface area (Å²) in [7, 11) is 2.12. The molecule has 0 saturated carbocycles. The number of piperazine rings is 1. The predicted molar refractivity (Wildman–Crippen MR) is 117 cm³/mol. The van der Waals surface area contributed by atoms with E-state index in [1.807, 2.05) is 13.0 Å². The number of aromatic nitrogens is 2. The van der Waals surface area contributed by atoms with Crippen LogP contribution in [0.3, 0.4) is 0 Å². The summed E-state index contributed by atoms with van der Waals surface area (Å²) in [6.07, 6.45) is -2.68. The van der Waals surface area contributed by atoms with Crippen LogP contribution in [0.15, 0.2) is 42.6 Å². The van der Waals surface area contributed by atoms with Crippen LogP contribution in [-0.2, 0) is 6.18 Å². The van der Waals surface area contributed by atoms with Crippen molar-refractivity contribution in [2.75, 3.05) is 43.4 Å². The number of hydrogen-bond acceptors (Lipinski definition) is 5. The first kappa shape index (κ1) is 21.4. The van der Waals surface area contributed by atoms with E-state index in [9.17, 15) is 13.2 Å². The van der Waals surface area contributed by atoms with Gasteiger partial charge in [-0.1, -0.05) is 18.2 Å². The zero-order chi connectivity index (χ0) is 22.2. The van der Waals surface area contributed by atoms with Gasteiger partial charge in [0, 0.05) is 42.6 Å². The van der Waals surface area contributed by atoms with Gasteiger partial charge in [-0.3, -0.25) is 0 Å². The SMILES string of the molecule is Cc1c(C(C)Nc2nncc3ccc(N4CCN(C)CC4)cc23)cccc1C(F)(F)F. The molecule has 3 aromatic rings. The Morgan fingerprint density at radius 3 is 2.52 bits per heavy atom. The van der Waals surface area contributed by atoms with Gasteiger partial charge in [0.05, 0.1) is 17.8 Å². The Morgan fingerprint density at radius 1 is 1.06 bits per heavy atom. The van der Waals surface area contributed by atoms with Crippen molar-refractivity contribution in [1.29, 1.82) is 0 Å². The lowest BCUT2D eigenvalue weighted by molar-refractivity contribution is -0.138. The van der Waals surface area contributed by atoms with E-state index in [-0.39, 0.29) is 11.6 Å². The second-order valence-corrected chi connectivity index (χ2v) is 8.14. The Kier molecular flexibility index (Phi) is 5.75. The lowest BCUT2D eigenvalue weighted by atomic mass is 9.97. The van der Waals surface area contributed by atoms with Crippen molar-refractivity contribution in [2.45, 2.75) is 26.1 Å². The third kappa shape index (κ3) is 4.44. The molecule has 2 aromatic carbocycles. The number of alkyl halides is 3. The number of hydrogen-bond donors (Lipinski definition) is 1. The molecule has 1 aromatic heterocycles. The Balaban J connectivity index is 1.65. The summed E-state index contributed by atoms with van der Waals surface area (Å²) in [6, 6.07) is 10.1. The van der Waals surface area contributed by atoms with Gasteiger partial charge in [0.25, 0.3) is 0 Å². The second kappa shape index (κ2) is 8.34. The summed E-state index contributed by atoms with van der Waals surface area (Å²) in [4.78, 5) is 4.64. The number of nitrogens with one attached hydrogen (secondary N) is 1. The normalized spacial score (nSPS) is 16.5. The first-order valence-electron chi connectivity index (χ1n) is 10.4. The van der Waals surface area contributed by atoms with E-state index >= 15 is 0 Å². The van der Waals surface area contributed by atoms with Crippen LogP contribution in [0, 0.1) is 6.92 Å². The van der Waals surface area contributed by atoms with Crippen molar-refractivity contribution >= 4 is 22.3 Å². The monoisotopic (exact) mass is 429 g/mol. The number of rotatable bonds is 4. The summed E-state index contributed by atoms with van der Waals surface area (Å²) in [5.41, 5.74) is 1.31. The molecule has 1 fully saturated rings. The third-order valence-corrected chi connectivity index (χ3v) is 6.02. The average Bonchev–Trinajstić information content (AvgIpc) is 2.73. The molecule has 4 rings (SSSR count). The molecule has 0 spiro atoms. The van der Waals surface area contributed by atoms with Crippen molar-refractivity contribution in [3.63, 3.8) is 0 Å². The van der Waals surface area contributed by atoms with Gasteiger partial charge in [-0.15, -0.1) is 5.10 Å². The van der Waals surface area contributed by atoms with Crippen LogP contribution in [0.25, 0.3) is 10.8 Å². The van der Waals surface area contributed by atoms with Crippen LogP contribution in [-0.4, -0.2) is 48.3 Å². The topological polar surface area (TPSA) is 44.3 Å². The van der Waals surface area contributed by atoms with Crippen LogP contribution in [0.1, 0.15) is 29.7 Å². The molecule has 8 heteroatoms. The minimum absolute atomic E-state index is 0.223. The largest absolute Gasteiger partial charge is 0.416 e. The highest BCUT2D eigenvalue weighted by atomic mass is 19.4. The maximum absolute atomic E-state index is 13.3. The molecule has 0 aliphatic carbocycles. The van der Waals surface area contributed by atoms with Crippen molar-refractivity contribution in [3.05, 3.63) is 59.3 Å². The number of benzene rings is 2. The molecular weight excluding hydrogens is 403 g/mol. The number of anilines is 2. The molecule has 2 heterocycles. The minimum atomic E-state index is -4.38. The molecule has 164 valence electrons. The Bertz CT molecular complexity index is 1070. The molecular formula is C23H26F3N5. The zero-order valence-corrected chi connectivity index (χ0v) is 17.9. The van der Waals surface area contributed by atoms with Gasteiger partial charge in [0.15, 0.2) is 5.82 Å². The molecule has 1 N–H and O–H groups in total. The van der Waals surface area contributed by atoms with Crippen LogP contribution in [0.2, 0.25) is 0 Å². The fourth-order valence-corrected chi connectivity index (χ4v) is 4.15. The van der Waals surface area contributed by atoms with E-state index in [1.54, 1.807) is 12.3 Å². The van der Waals surface area contributed by atoms with E-state index in [2.05, 4.69) is 44.5 Å². The van der Waals surface area contributed by atoms with Crippen LogP contribution < -0.4 is 10.2 Å². The molecule has 1 aliphatic rings. The first-order valence-corrected chi connectivity index (χ1v) is 10.4. The minimum Gasteiger partial charge on any atom is -0.369 e. The highest BCUT2D eigenvalue weighted by molar-refractivity contribution is 5.93. The number of fused-ring (bicyclic) bond motifs is 1. The van der Waals surface area contributed by atoms with Gasteiger partial charge in [-0.25, -0.2) is 0 Å². The maximum Gasteiger partial charge on any atom is 0.416 e. The van der Waals surface area contributed by atoms with Crippen molar-refractivity contribution in [2.24, 2.45) is 0 Å². The van der Waals surface area contributed by atoms with Crippen LogP contribution >= 0.6 is 0 Å². The summed E-state index contributed by atoms with van der Waals surface area (Å²) in [5, 5.41) is 13.5. The van der Waals surface area contributed by atoms with E-state index in [1.165, 1.54) is 13.0 Å². The summed E-state index contributed by atoms with van der Waals surface area (Å²) >= 11 is 0. The molecule has 31 heavy (non-hydrogen) atoms. The lowest BCUT2D eigenvalue weighted by Crippen LogP contribution is -2.44. The van der Waals surface area contributed by atoms with E-state index in [0.29, 0.717) is 11.4 Å². The third-order valence-electron chi connectivity index (χ3n) is 6.02. The highest BCUT2D eigenvalue weighted by Crippen LogP contribution is 2.35. The molecule has 1 atom stereocenters. The van der Waals surface area contributed by atoms with Crippen LogP contribution in [0.5, 0.6) is 0 Å². The smallest absolute Gasteiger partial charge is 0.369 e. The molecule has 1 aliphatic heterocycles. The number of nitrogens with zero attached hydrogens (tertiary/aromatic N) is 4. The molecule has 0 amide bonds. The molecule has 1 saturated heterocycles. The Hall–Kier alpha value is -2.87. The predicted octanol–water partition coefficient (Wildman–Crippen LogP) is 4.88. The average molecular weight is 429 g/mol. The second-order valence-electron chi connectivity index (χ2n) is 8.14. The first-order chi connectivity index (χ1) is 14.7. The van der Waals surface area contributed by atoms with Gasteiger partial charge in [0.1, 0.15) is 0 Å². The van der Waals surface area contributed by atoms with Gasteiger partial charge >= 0.3 is 6.18 Å². The zero-order valence-electron chi connectivity index (χ0n) is 17.9. The highest BCUT2D eigenvalue weighted by Gasteiger charge is 2.33. The van der Waals surface area contributed by atoms with Crippen LogP contribution in [0.4, 0.5) is 24.7 Å². The summed E-state index contributed by atoms with van der Waals surface area (Å²) < 4.78 is 40.0. The quantitative estimate of drug-likeness (QED) is 0.640.